The zero-order valence-electron chi connectivity index (χ0n) is 13.7. The first-order valence-electron chi connectivity index (χ1n) is 8.16. The minimum absolute atomic E-state index is 0.0373. The zero-order chi connectivity index (χ0) is 17.5. The quantitative estimate of drug-likeness (QED) is 0.572. The standard InChI is InChI=1S/C18H19N5O2/c24-17-13-7-1-2-8-14(13)22-16(23-17)18(25)21-12-6-5-11-20-15-9-3-4-10-19-15/h1-4,7-10H,5-6,11-12H2,(H,19,20)(H,21,25)(H,22,23,24). The summed E-state index contributed by atoms with van der Waals surface area (Å²) in [6, 6.07) is 12.6. The van der Waals surface area contributed by atoms with Gasteiger partial charge in [0.2, 0.25) is 0 Å². The molecule has 0 radical (unpaired) electrons. The molecule has 0 spiro atoms. The summed E-state index contributed by atoms with van der Waals surface area (Å²) in [6.07, 6.45) is 3.43. The summed E-state index contributed by atoms with van der Waals surface area (Å²) >= 11 is 0. The molecule has 3 N–H and O–H groups in total. The Morgan fingerprint density at radius 2 is 1.84 bits per heavy atom. The van der Waals surface area contributed by atoms with E-state index in [1.165, 1.54) is 0 Å². The number of hydrogen-bond acceptors (Lipinski definition) is 5. The molecule has 0 atom stereocenters. The molecule has 3 rings (SSSR count). The number of nitrogens with zero attached hydrogens (tertiary/aromatic N) is 2. The lowest BCUT2D eigenvalue weighted by atomic mass is 10.2. The highest BCUT2D eigenvalue weighted by Gasteiger charge is 2.10. The van der Waals surface area contributed by atoms with Crippen molar-refractivity contribution < 1.29 is 4.79 Å². The maximum absolute atomic E-state index is 12.1. The third-order valence-corrected chi connectivity index (χ3v) is 3.69. The normalized spacial score (nSPS) is 10.6. The Balaban J connectivity index is 1.46. The van der Waals surface area contributed by atoms with Gasteiger partial charge in [-0.1, -0.05) is 18.2 Å². The first-order chi connectivity index (χ1) is 12.2. The van der Waals surface area contributed by atoms with Crippen LogP contribution in [-0.2, 0) is 0 Å². The molecule has 128 valence electrons. The van der Waals surface area contributed by atoms with Crippen molar-refractivity contribution in [3.05, 3.63) is 64.8 Å². The van der Waals surface area contributed by atoms with Crippen LogP contribution in [0.5, 0.6) is 0 Å². The number of benzene rings is 1. The first kappa shape index (κ1) is 16.6. The van der Waals surface area contributed by atoms with Crippen molar-refractivity contribution in [3.63, 3.8) is 0 Å². The molecule has 0 bridgehead atoms. The Morgan fingerprint density at radius 1 is 1.04 bits per heavy atom. The minimum Gasteiger partial charge on any atom is -0.370 e. The number of aromatic amines is 1. The van der Waals surface area contributed by atoms with Crippen molar-refractivity contribution in [2.45, 2.75) is 12.8 Å². The van der Waals surface area contributed by atoms with Crippen molar-refractivity contribution in [2.24, 2.45) is 0 Å². The van der Waals surface area contributed by atoms with Crippen LogP contribution in [0, 0.1) is 0 Å². The molecule has 0 aliphatic heterocycles. The maximum atomic E-state index is 12.1. The number of anilines is 1. The number of nitrogens with one attached hydrogen (secondary N) is 3. The molecule has 0 aliphatic rings. The second-order valence-corrected chi connectivity index (χ2v) is 5.54. The number of hydrogen-bond donors (Lipinski definition) is 3. The van der Waals surface area contributed by atoms with E-state index >= 15 is 0 Å². The van der Waals surface area contributed by atoms with Gasteiger partial charge >= 0.3 is 0 Å². The number of carbonyl (C=O) groups is 1. The summed E-state index contributed by atoms with van der Waals surface area (Å²) in [4.78, 5) is 35.0. The lowest BCUT2D eigenvalue weighted by molar-refractivity contribution is 0.0943. The molecule has 3 aromatic rings. The summed E-state index contributed by atoms with van der Waals surface area (Å²) in [5.41, 5.74) is 0.200. The van der Waals surface area contributed by atoms with Crippen molar-refractivity contribution in [3.8, 4) is 0 Å². The van der Waals surface area contributed by atoms with E-state index in [9.17, 15) is 9.59 Å². The van der Waals surface area contributed by atoms with Crippen molar-refractivity contribution in [2.75, 3.05) is 18.4 Å². The largest absolute Gasteiger partial charge is 0.370 e. The number of amides is 1. The van der Waals surface area contributed by atoms with Crippen LogP contribution in [-0.4, -0.2) is 33.9 Å². The van der Waals surface area contributed by atoms with Gasteiger partial charge in [-0.05, 0) is 37.1 Å². The molecular formula is C18H19N5O2. The van der Waals surface area contributed by atoms with Gasteiger partial charge < -0.3 is 15.6 Å². The SMILES string of the molecule is O=C(NCCCCNc1ccccn1)c1nc2ccccc2c(=O)[nH]1. The van der Waals surface area contributed by atoms with Gasteiger partial charge in [-0.25, -0.2) is 9.97 Å². The smallest absolute Gasteiger partial charge is 0.287 e. The lowest BCUT2D eigenvalue weighted by Crippen LogP contribution is -2.29. The topological polar surface area (TPSA) is 99.8 Å². The number of aromatic nitrogens is 3. The average Bonchev–Trinajstić information content (AvgIpc) is 2.65. The van der Waals surface area contributed by atoms with Crippen LogP contribution < -0.4 is 16.2 Å². The number of rotatable bonds is 7. The molecule has 2 heterocycles. The molecule has 1 amide bonds. The van der Waals surface area contributed by atoms with E-state index in [1.54, 1.807) is 30.5 Å². The second-order valence-electron chi connectivity index (χ2n) is 5.54. The third-order valence-electron chi connectivity index (χ3n) is 3.69. The Labute approximate surface area is 144 Å². The van der Waals surface area contributed by atoms with E-state index in [0.717, 1.165) is 25.2 Å². The van der Waals surface area contributed by atoms with Gasteiger partial charge in [0.05, 0.1) is 10.9 Å². The Hall–Kier alpha value is -3.22. The van der Waals surface area contributed by atoms with Gasteiger partial charge in [0.1, 0.15) is 5.82 Å². The zero-order valence-corrected chi connectivity index (χ0v) is 13.7. The molecule has 1 aromatic carbocycles. The van der Waals surface area contributed by atoms with Gasteiger partial charge in [0.25, 0.3) is 11.5 Å². The fourth-order valence-electron chi connectivity index (χ4n) is 2.41. The second kappa shape index (κ2) is 8.05. The van der Waals surface area contributed by atoms with E-state index < -0.39 is 0 Å². The fourth-order valence-corrected chi connectivity index (χ4v) is 2.41. The monoisotopic (exact) mass is 337 g/mol. The predicted molar refractivity (Wildman–Crippen MR) is 96.7 cm³/mol. The number of fused-ring (bicyclic) bond motifs is 1. The van der Waals surface area contributed by atoms with Crippen LogP contribution in [0.2, 0.25) is 0 Å². The van der Waals surface area contributed by atoms with Crippen LogP contribution in [0.1, 0.15) is 23.5 Å². The van der Waals surface area contributed by atoms with E-state index in [4.69, 9.17) is 0 Å². The van der Waals surface area contributed by atoms with E-state index in [2.05, 4.69) is 25.6 Å². The Morgan fingerprint density at radius 3 is 2.68 bits per heavy atom. The number of unbranched alkanes of at least 4 members (excludes halogenated alkanes) is 1. The Kier molecular flexibility index (Phi) is 5.36. The predicted octanol–water partition coefficient (Wildman–Crippen LogP) is 1.94. The molecule has 2 aromatic heterocycles. The molecule has 0 saturated heterocycles. The van der Waals surface area contributed by atoms with Crippen LogP contribution in [0.15, 0.2) is 53.5 Å². The minimum atomic E-state index is -0.375. The molecule has 0 unspecified atom stereocenters. The van der Waals surface area contributed by atoms with Gasteiger partial charge in [-0.15, -0.1) is 0 Å². The summed E-state index contributed by atoms with van der Waals surface area (Å²) in [7, 11) is 0. The number of para-hydroxylation sites is 1. The van der Waals surface area contributed by atoms with Crippen molar-refractivity contribution >= 4 is 22.6 Å². The van der Waals surface area contributed by atoms with Gasteiger partial charge in [0, 0.05) is 19.3 Å². The first-order valence-corrected chi connectivity index (χ1v) is 8.16. The number of H-pyrrole nitrogens is 1. The number of carbonyl (C=O) groups excluding carboxylic acids is 1. The number of pyridine rings is 1. The summed E-state index contributed by atoms with van der Waals surface area (Å²) in [6.45, 7) is 1.29. The summed E-state index contributed by atoms with van der Waals surface area (Å²) < 4.78 is 0. The molecule has 7 heteroatoms. The average molecular weight is 337 g/mol. The molecule has 0 aliphatic carbocycles. The van der Waals surface area contributed by atoms with Crippen molar-refractivity contribution in [1.82, 2.24) is 20.3 Å². The highest BCUT2D eigenvalue weighted by molar-refractivity contribution is 5.92. The highest BCUT2D eigenvalue weighted by Crippen LogP contribution is 2.05. The molecule has 0 saturated carbocycles. The van der Waals surface area contributed by atoms with Crippen molar-refractivity contribution in [1.29, 1.82) is 0 Å². The lowest BCUT2D eigenvalue weighted by Gasteiger charge is -2.07. The van der Waals surface area contributed by atoms with Gasteiger partial charge in [0.15, 0.2) is 5.82 Å². The molecule has 25 heavy (non-hydrogen) atoms. The molecular weight excluding hydrogens is 318 g/mol. The van der Waals surface area contributed by atoms with Crippen LogP contribution in [0.4, 0.5) is 5.82 Å². The van der Waals surface area contributed by atoms with Crippen LogP contribution >= 0.6 is 0 Å². The van der Waals surface area contributed by atoms with Gasteiger partial charge in [-0.2, -0.15) is 0 Å². The van der Waals surface area contributed by atoms with Gasteiger partial charge in [-0.3, -0.25) is 9.59 Å². The van der Waals surface area contributed by atoms with Crippen LogP contribution in [0.3, 0.4) is 0 Å². The van der Waals surface area contributed by atoms with Crippen LogP contribution in [0.25, 0.3) is 10.9 Å². The Bertz CT molecular complexity index is 908. The maximum Gasteiger partial charge on any atom is 0.287 e. The summed E-state index contributed by atoms with van der Waals surface area (Å²) in [5, 5.41) is 6.45. The molecule has 7 nitrogen and oxygen atoms in total. The van der Waals surface area contributed by atoms with E-state index in [1.807, 2.05) is 18.2 Å². The highest BCUT2D eigenvalue weighted by atomic mass is 16.2. The molecule has 0 fully saturated rings. The van der Waals surface area contributed by atoms with E-state index in [0.29, 0.717) is 17.4 Å². The summed E-state index contributed by atoms with van der Waals surface area (Å²) in [5.74, 6) is 0.500. The fraction of sp³-hybridized carbons (Fsp3) is 0.222. The van der Waals surface area contributed by atoms with E-state index in [-0.39, 0.29) is 17.3 Å². The third kappa shape index (κ3) is 4.41.